The normalized spacial score (nSPS) is 22.1. The highest BCUT2D eigenvalue weighted by Gasteiger charge is 2.40. The van der Waals surface area contributed by atoms with Crippen LogP contribution in [0.15, 0.2) is 10.8 Å². The highest BCUT2D eigenvalue weighted by atomic mass is 16.5. The second-order valence-corrected chi connectivity index (χ2v) is 4.91. The number of nitrogens with one attached hydrogen (secondary N) is 1. The summed E-state index contributed by atoms with van der Waals surface area (Å²) in [4.78, 5) is 29.8. The standard InChI is InChI=1S/C13H19N3O4/c1-8-11(20-7-15-8)13(18)16-4-9(6-19-3)10(5-16)12(17)14-2/h7,9-10H,4-6H2,1-3H3,(H,14,17)/t9-,10+/m0/s1. The van der Waals surface area contributed by atoms with E-state index >= 15 is 0 Å². The molecule has 0 spiro atoms. The van der Waals surface area contributed by atoms with Crippen molar-refractivity contribution < 1.29 is 18.7 Å². The lowest BCUT2D eigenvalue weighted by Crippen LogP contribution is -2.34. The first-order valence-electron chi connectivity index (χ1n) is 6.48. The summed E-state index contributed by atoms with van der Waals surface area (Å²) in [5.41, 5.74) is 0.557. The van der Waals surface area contributed by atoms with E-state index < -0.39 is 0 Å². The van der Waals surface area contributed by atoms with Gasteiger partial charge in [0.2, 0.25) is 11.7 Å². The number of likely N-dealkylation sites (tertiary alicyclic amines) is 1. The lowest BCUT2D eigenvalue weighted by atomic mass is 9.96. The van der Waals surface area contributed by atoms with E-state index in [-0.39, 0.29) is 29.4 Å². The second-order valence-electron chi connectivity index (χ2n) is 4.91. The molecule has 1 fully saturated rings. The van der Waals surface area contributed by atoms with Gasteiger partial charge >= 0.3 is 0 Å². The first-order valence-corrected chi connectivity index (χ1v) is 6.48. The van der Waals surface area contributed by atoms with E-state index in [2.05, 4.69) is 10.3 Å². The Hall–Kier alpha value is -1.89. The number of amides is 2. The minimum Gasteiger partial charge on any atom is -0.438 e. The summed E-state index contributed by atoms with van der Waals surface area (Å²) in [6, 6.07) is 0. The molecule has 0 aromatic carbocycles. The van der Waals surface area contributed by atoms with Crippen LogP contribution in [0.25, 0.3) is 0 Å². The maximum atomic E-state index is 12.4. The van der Waals surface area contributed by atoms with Crippen molar-refractivity contribution in [1.29, 1.82) is 0 Å². The van der Waals surface area contributed by atoms with Gasteiger partial charge in [0.25, 0.3) is 5.91 Å². The Morgan fingerprint density at radius 1 is 1.55 bits per heavy atom. The predicted molar refractivity (Wildman–Crippen MR) is 70.1 cm³/mol. The third kappa shape index (κ3) is 2.67. The quantitative estimate of drug-likeness (QED) is 0.844. The van der Waals surface area contributed by atoms with Gasteiger partial charge in [0.05, 0.1) is 18.2 Å². The molecule has 0 saturated carbocycles. The zero-order valence-corrected chi connectivity index (χ0v) is 11.9. The molecule has 110 valence electrons. The fourth-order valence-electron chi connectivity index (χ4n) is 2.55. The number of aryl methyl sites for hydroxylation is 1. The summed E-state index contributed by atoms with van der Waals surface area (Å²) in [5, 5.41) is 2.63. The van der Waals surface area contributed by atoms with Gasteiger partial charge in [-0.15, -0.1) is 0 Å². The van der Waals surface area contributed by atoms with Crippen molar-refractivity contribution in [3.63, 3.8) is 0 Å². The predicted octanol–water partition coefficient (Wildman–Crippen LogP) is 0.0636. The molecule has 1 saturated heterocycles. The lowest BCUT2D eigenvalue weighted by molar-refractivity contribution is -0.125. The van der Waals surface area contributed by atoms with Crippen molar-refractivity contribution in [3.8, 4) is 0 Å². The monoisotopic (exact) mass is 281 g/mol. The van der Waals surface area contributed by atoms with Crippen LogP contribution in [0.1, 0.15) is 16.2 Å². The highest BCUT2D eigenvalue weighted by molar-refractivity contribution is 5.93. The maximum absolute atomic E-state index is 12.4. The zero-order valence-electron chi connectivity index (χ0n) is 11.9. The molecule has 2 amide bonds. The maximum Gasteiger partial charge on any atom is 0.291 e. The SMILES string of the molecule is CNC(=O)[C@@H]1CN(C(=O)c2ocnc2C)C[C@H]1COC. The molecular formula is C13H19N3O4. The Kier molecular flexibility index (Phi) is 4.39. The number of oxazole rings is 1. The molecule has 7 heteroatoms. The minimum absolute atomic E-state index is 0.00729. The molecule has 0 radical (unpaired) electrons. The summed E-state index contributed by atoms with van der Waals surface area (Å²) in [7, 11) is 3.18. The van der Waals surface area contributed by atoms with Gasteiger partial charge in [-0.05, 0) is 6.92 Å². The number of rotatable bonds is 4. The van der Waals surface area contributed by atoms with Crippen LogP contribution in [0.4, 0.5) is 0 Å². The van der Waals surface area contributed by atoms with Crippen LogP contribution in [0.3, 0.4) is 0 Å². The van der Waals surface area contributed by atoms with Crippen molar-refractivity contribution in [2.75, 3.05) is 33.9 Å². The van der Waals surface area contributed by atoms with Gasteiger partial charge in [-0.3, -0.25) is 9.59 Å². The summed E-state index contributed by atoms with van der Waals surface area (Å²) in [6.45, 7) is 3.00. The highest BCUT2D eigenvalue weighted by Crippen LogP contribution is 2.26. The first-order chi connectivity index (χ1) is 9.58. The van der Waals surface area contributed by atoms with E-state index in [0.29, 0.717) is 25.4 Å². The molecule has 1 aromatic rings. The Balaban J connectivity index is 2.13. The fraction of sp³-hybridized carbons (Fsp3) is 0.615. The van der Waals surface area contributed by atoms with Gasteiger partial charge in [-0.25, -0.2) is 4.98 Å². The molecule has 7 nitrogen and oxygen atoms in total. The van der Waals surface area contributed by atoms with Crippen LogP contribution in [0.2, 0.25) is 0 Å². The molecule has 2 atom stereocenters. The molecule has 20 heavy (non-hydrogen) atoms. The number of nitrogens with zero attached hydrogens (tertiary/aromatic N) is 2. The van der Waals surface area contributed by atoms with Crippen molar-refractivity contribution in [2.24, 2.45) is 11.8 Å². The fourth-order valence-corrected chi connectivity index (χ4v) is 2.55. The minimum atomic E-state index is -0.257. The topological polar surface area (TPSA) is 84.7 Å². The van der Waals surface area contributed by atoms with E-state index in [1.165, 1.54) is 6.39 Å². The van der Waals surface area contributed by atoms with Gasteiger partial charge in [0.1, 0.15) is 0 Å². The van der Waals surface area contributed by atoms with Gasteiger partial charge in [-0.1, -0.05) is 0 Å². The number of methoxy groups -OCH3 is 1. The van der Waals surface area contributed by atoms with Crippen molar-refractivity contribution >= 4 is 11.8 Å². The van der Waals surface area contributed by atoms with Crippen molar-refractivity contribution in [3.05, 3.63) is 17.8 Å². The molecule has 0 bridgehead atoms. The Bertz CT molecular complexity index is 500. The van der Waals surface area contributed by atoms with Crippen molar-refractivity contribution in [1.82, 2.24) is 15.2 Å². The summed E-state index contributed by atoms with van der Waals surface area (Å²) in [6.07, 6.45) is 1.25. The number of carbonyl (C=O) groups excluding carboxylic acids is 2. The molecule has 0 unspecified atom stereocenters. The molecule has 2 rings (SSSR count). The average molecular weight is 281 g/mol. The molecule has 1 aliphatic heterocycles. The molecule has 1 aliphatic rings. The third-order valence-corrected chi connectivity index (χ3v) is 3.63. The molecular weight excluding hydrogens is 262 g/mol. The Morgan fingerprint density at radius 3 is 2.85 bits per heavy atom. The molecule has 1 N–H and O–H groups in total. The van der Waals surface area contributed by atoms with Gasteiger partial charge < -0.3 is 19.4 Å². The van der Waals surface area contributed by atoms with Gasteiger partial charge in [0, 0.05) is 33.2 Å². The Morgan fingerprint density at radius 2 is 2.30 bits per heavy atom. The average Bonchev–Trinajstić information content (AvgIpc) is 3.04. The van der Waals surface area contributed by atoms with Crippen LogP contribution in [0.5, 0.6) is 0 Å². The second kappa shape index (κ2) is 6.04. The lowest BCUT2D eigenvalue weighted by Gasteiger charge is -2.14. The number of ether oxygens (including phenoxy) is 1. The molecule has 1 aromatic heterocycles. The number of hydrogen-bond donors (Lipinski definition) is 1. The molecule has 2 heterocycles. The van der Waals surface area contributed by atoms with Gasteiger partial charge in [-0.2, -0.15) is 0 Å². The summed E-state index contributed by atoms with van der Waals surface area (Å²) in [5.74, 6) is -0.331. The van der Waals surface area contributed by atoms with Crippen LogP contribution in [-0.4, -0.2) is 55.6 Å². The summed E-state index contributed by atoms with van der Waals surface area (Å²) < 4.78 is 10.3. The third-order valence-electron chi connectivity index (χ3n) is 3.63. The van der Waals surface area contributed by atoms with E-state index in [0.717, 1.165) is 0 Å². The van der Waals surface area contributed by atoms with Crippen LogP contribution in [-0.2, 0) is 9.53 Å². The van der Waals surface area contributed by atoms with E-state index in [1.54, 1.807) is 26.0 Å². The number of aromatic nitrogens is 1. The number of hydrogen-bond acceptors (Lipinski definition) is 5. The van der Waals surface area contributed by atoms with Crippen molar-refractivity contribution in [2.45, 2.75) is 6.92 Å². The Labute approximate surface area is 117 Å². The summed E-state index contributed by atoms with van der Waals surface area (Å²) >= 11 is 0. The van der Waals surface area contributed by atoms with Crippen LogP contribution >= 0.6 is 0 Å². The van der Waals surface area contributed by atoms with Gasteiger partial charge in [0.15, 0.2) is 6.39 Å². The van der Waals surface area contributed by atoms with E-state index in [1.807, 2.05) is 0 Å². The zero-order chi connectivity index (χ0) is 14.7. The first kappa shape index (κ1) is 14.5. The smallest absolute Gasteiger partial charge is 0.291 e. The number of carbonyl (C=O) groups is 2. The van der Waals surface area contributed by atoms with Crippen LogP contribution < -0.4 is 5.32 Å². The van der Waals surface area contributed by atoms with Crippen LogP contribution in [0, 0.1) is 18.8 Å². The van der Waals surface area contributed by atoms with E-state index in [9.17, 15) is 9.59 Å². The molecule has 0 aliphatic carbocycles. The largest absolute Gasteiger partial charge is 0.438 e. The van der Waals surface area contributed by atoms with E-state index in [4.69, 9.17) is 9.15 Å².